The van der Waals surface area contributed by atoms with E-state index in [0.717, 1.165) is 5.56 Å². The van der Waals surface area contributed by atoms with Crippen LogP contribution in [0.3, 0.4) is 0 Å². The first-order valence-corrected chi connectivity index (χ1v) is 6.47. The highest BCUT2D eigenvalue weighted by Crippen LogP contribution is 2.20. The summed E-state index contributed by atoms with van der Waals surface area (Å²) in [7, 11) is 0. The molecule has 0 aromatic heterocycles. The van der Waals surface area contributed by atoms with Gasteiger partial charge < -0.3 is 15.8 Å². The van der Waals surface area contributed by atoms with Gasteiger partial charge in [-0.2, -0.15) is 0 Å². The smallest absolute Gasteiger partial charge is 0.262 e. The summed E-state index contributed by atoms with van der Waals surface area (Å²) in [4.78, 5) is 11.8. The van der Waals surface area contributed by atoms with Crippen LogP contribution in [-0.2, 0) is 4.79 Å². The molecule has 1 amide bonds. The van der Waals surface area contributed by atoms with Crippen molar-refractivity contribution in [2.75, 3.05) is 17.7 Å². The second-order valence-electron chi connectivity index (χ2n) is 4.37. The minimum Gasteiger partial charge on any atom is -0.484 e. The Labute approximate surface area is 122 Å². The minimum absolute atomic E-state index is 0.0883. The summed E-state index contributed by atoms with van der Waals surface area (Å²) >= 11 is 5.99. The van der Waals surface area contributed by atoms with Gasteiger partial charge in [-0.05, 0) is 36.8 Å². The van der Waals surface area contributed by atoms with E-state index in [4.69, 9.17) is 22.1 Å². The normalized spacial score (nSPS) is 10.1. The number of ether oxygens (including phenoxy) is 1. The standard InChI is InChI=1S/C15H15ClN2O2/c1-10-5-6-12(8-14(10)16)18-15(19)9-20-13-4-2-3-11(17)7-13/h2-8H,9,17H2,1H3,(H,18,19). The predicted molar refractivity (Wildman–Crippen MR) is 81.2 cm³/mol. The number of anilines is 2. The summed E-state index contributed by atoms with van der Waals surface area (Å²) in [6.45, 7) is 1.81. The molecule has 0 unspecified atom stereocenters. The molecule has 0 aliphatic carbocycles. The van der Waals surface area contributed by atoms with Crippen LogP contribution in [0.25, 0.3) is 0 Å². The molecule has 0 atom stereocenters. The molecule has 20 heavy (non-hydrogen) atoms. The highest BCUT2D eigenvalue weighted by molar-refractivity contribution is 6.31. The summed E-state index contributed by atoms with van der Waals surface area (Å²) < 4.78 is 5.35. The number of carbonyl (C=O) groups is 1. The fourth-order valence-corrected chi connectivity index (χ4v) is 1.80. The zero-order valence-corrected chi connectivity index (χ0v) is 11.8. The van der Waals surface area contributed by atoms with Crippen LogP contribution in [0.15, 0.2) is 42.5 Å². The van der Waals surface area contributed by atoms with Crippen molar-refractivity contribution in [1.29, 1.82) is 0 Å². The third-order valence-corrected chi connectivity index (χ3v) is 3.09. The number of hydrogen-bond acceptors (Lipinski definition) is 3. The molecule has 0 radical (unpaired) electrons. The Kier molecular flexibility index (Phi) is 4.48. The first-order valence-electron chi connectivity index (χ1n) is 6.09. The average Bonchev–Trinajstić information content (AvgIpc) is 2.41. The van der Waals surface area contributed by atoms with Gasteiger partial charge in [-0.25, -0.2) is 0 Å². The van der Waals surface area contributed by atoms with Crippen molar-refractivity contribution in [2.45, 2.75) is 6.92 Å². The molecule has 0 saturated carbocycles. The van der Waals surface area contributed by atoms with Crippen LogP contribution >= 0.6 is 11.6 Å². The van der Waals surface area contributed by atoms with E-state index in [2.05, 4.69) is 5.32 Å². The van der Waals surface area contributed by atoms with E-state index in [0.29, 0.717) is 22.1 Å². The quantitative estimate of drug-likeness (QED) is 0.850. The average molecular weight is 291 g/mol. The number of benzene rings is 2. The maximum Gasteiger partial charge on any atom is 0.262 e. The fourth-order valence-electron chi connectivity index (χ4n) is 1.62. The fraction of sp³-hybridized carbons (Fsp3) is 0.133. The van der Waals surface area contributed by atoms with Gasteiger partial charge in [0.2, 0.25) is 0 Å². The molecule has 0 heterocycles. The van der Waals surface area contributed by atoms with E-state index >= 15 is 0 Å². The van der Waals surface area contributed by atoms with Crippen molar-refractivity contribution in [1.82, 2.24) is 0 Å². The van der Waals surface area contributed by atoms with Gasteiger partial charge in [0.25, 0.3) is 5.91 Å². The third-order valence-electron chi connectivity index (χ3n) is 2.68. The van der Waals surface area contributed by atoms with Gasteiger partial charge in [-0.15, -0.1) is 0 Å². The zero-order chi connectivity index (χ0) is 14.5. The molecular formula is C15H15ClN2O2. The van der Waals surface area contributed by atoms with Gasteiger partial charge in [0.1, 0.15) is 5.75 Å². The lowest BCUT2D eigenvalue weighted by Gasteiger charge is -2.09. The first-order chi connectivity index (χ1) is 9.54. The summed E-state index contributed by atoms with van der Waals surface area (Å²) in [6, 6.07) is 12.3. The molecule has 104 valence electrons. The number of nitrogen functional groups attached to an aromatic ring is 1. The highest BCUT2D eigenvalue weighted by atomic mass is 35.5. The lowest BCUT2D eigenvalue weighted by atomic mass is 10.2. The van der Waals surface area contributed by atoms with E-state index in [1.54, 1.807) is 36.4 Å². The van der Waals surface area contributed by atoms with Gasteiger partial charge in [0.15, 0.2) is 6.61 Å². The van der Waals surface area contributed by atoms with E-state index in [1.807, 2.05) is 13.0 Å². The molecule has 0 saturated heterocycles. The van der Waals surface area contributed by atoms with Gasteiger partial charge >= 0.3 is 0 Å². The van der Waals surface area contributed by atoms with Crippen molar-refractivity contribution in [3.8, 4) is 5.75 Å². The molecule has 2 rings (SSSR count). The first kappa shape index (κ1) is 14.2. The van der Waals surface area contributed by atoms with Crippen LogP contribution in [0.5, 0.6) is 5.75 Å². The van der Waals surface area contributed by atoms with E-state index in [-0.39, 0.29) is 12.5 Å². The van der Waals surface area contributed by atoms with Crippen molar-refractivity contribution in [3.63, 3.8) is 0 Å². The Bertz CT molecular complexity index is 629. The lowest BCUT2D eigenvalue weighted by Crippen LogP contribution is -2.20. The summed E-state index contributed by atoms with van der Waals surface area (Å²) in [5.74, 6) is 0.300. The Balaban J connectivity index is 1.91. The number of rotatable bonds is 4. The SMILES string of the molecule is Cc1ccc(NC(=O)COc2cccc(N)c2)cc1Cl. The Morgan fingerprint density at radius 2 is 2.10 bits per heavy atom. The summed E-state index contributed by atoms with van der Waals surface area (Å²) in [5, 5.41) is 3.33. The molecule has 0 bridgehead atoms. The monoisotopic (exact) mass is 290 g/mol. The zero-order valence-electron chi connectivity index (χ0n) is 11.0. The van der Waals surface area contributed by atoms with Crippen LogP contribution in [0.1, 0.15) is 5.56 Å². The van der Waals surface area contributed by atoms with Gasteiger partial charge in [0.05, 0.1) is 0 Å². The van der Waals surface area contributed by atoms with Crippen molar-refractivity contribution in [2.24, 2.45) is 0 Å². The lowest BCUT2D eigenvalue weighted by molar-refractivity contribution is -0.118. The van der Waals surface area contributed by atoms with E-state index in [9.17, 15) is 4.79 Å². The molecule has 2 aromatic rings. The third kappa shape index (κ3) is 3.90. The van der Waals surface area contributed by atoms with Crippen molar-refractivity contribution >= 4 is 28.9 Å². The molecule has 0 aliphatic heterocycles. The number of halogens is 1. The molecule has 0 aliphatic rings. The molecule has 0 spiro atoms. The Hall–Kier alpha value is -2.20. The molecule has 3 N–H and O–H groups in total. The van der Waals surface area contributed by atoms with Gasteiger partial charge in [-0.1, -0.05) is 23.7 Å². The van der Waals surface area contributed by atoms with Crippen molar-refractivity contribution < 1.29 is 9.53 Å². The maximum atomic E-state index is 11.8. The molecule has 5 heteroatoms. The Morgan fingerprint density at radius 1 is 1.30 bits per heavy atom. The number of nitrogens with one attached hydrogen (secondary N) is 1. The number of aryl methyl sites for hydroxylation is 1. The summed E-state index contributed by atoms with van der Waals surface area (Å²) in [6.07, 6.45) is 0. The molecule has 2 aromatic carbocycles. The number of hydrogen-bond donors (Lipinski definition) is 2. The number of amides is 1. The van der Waals surface area contributed by atoms with E-state index in [1.165, 1.54) is 0 Å². The van der Waals surface area contributed by atoms with Crippen LogP contribution in [0, 0.1) is 6.92 Å². The van der Waals surface area contributed by atoms with Crippen LogP contribution in [0.2, 0.25) is 5.02 Å². The van der Waals surface area contributed by atoms with Crippen LogP contribution < -0.4 is 15.8 Å². The van der Waals surface area contributed by atoms with Crippen LogP contribution in [-0.4, -0.2) is 12.5 Å². The molecule has 0 fully saturated rings. The van der Waals surface area contributed by atoms with Crippen molar-refractivity contribution in [3.05, 3.63) is 53.1 Å². The molecular weight excluding hydrogens is 276 g/mol. The number of carbonyl (C=O) groups excluding carboxylic acids is 1. The summed E-state index contributed by atoms with van der Waals surface area (Å²) in [5.41, 5.74) is 7.81. The van der Waals surface area contributed by atoms with Gasteiger partial charge in [-0.3, -0.25) is 4.79 Å². The topological polar surface area (TPSA) is 64.3 Å². The Morgan fingerprint density at radius 3 is 2.80 bits per heavy atom. The van der Waals surface area contributed by atoms with Gasteiger partial charge in [0, 0.05) is 22.5 Å². The maximum absolute atomic E-state index is 11.8. The molecule has 4 nitrogen and oxygen atoms in total. The largest absolute Gasteiger partial charge is 0.484 e. The second-order valence-corrected chi connectivity index (χ2v) is 4.78. The number of nitrogens with two attached hydrogens (primary N) is 1. The van der Waals surface area contributed by atoms with E-state index < -0.39 is 0 Å². The highest BCUT2D eigenvalue weighted by Gasteiger charge is 2.05. The minimum atomic E-state index is -0.257. The predicted octanol–water partition coefficient (Wildman–Crippen LogP) is 3.25. The van der Waals surface area contributed by atoms with Crippen LogP contribution in [0.4, 0.5) is 11.4 Å². The second kappa shape index (κ2) is 6.30.